The van der Waals surface area contributed by atoms with Gasteiger partial charge in [0.15, 0.2) is 0 Å². The Morgan fingerprint density at radius 1 is 0.862 bits per heavy atom. The Morgan fingerprint density at radius 3 is 2.24 bits per heavy atom. The molecule has 4 saturated carbocycles. The third kappa shape index (κ3) is 1.97. The van der Waals surface area contributed by atoms with Gasteiger partial charge in [0.25, 0.3) is 0 Å². The second-order valence-electron chi connectivity index (χ2n) is 10.3. The highest BCUT2D eigenvalue weighted by molar-refractivity contribution is 7.19. The molecule has 4 bridgehead atoms. The van der Waals surface area contributed by atoms with Gasteiger partial charge in [0.1, 0.15) is 0 Å². The minimum Gasteiger partial charge on any atom is -0.353 e. The van der Waals surface area contributed by atoms with Crippen molar-refractivity contribution in [3.63, 3.8) is 0 Å². The molecule has 29 heavy (non-hydrogen) atoms. The third-order valence-electron chi connectivity index (χ3n) is 8.95. The molecule has 2 heteroatoms. The van der Waals surface area contributed by atoms with Crippen LogP contribution in [0.3, 0.4) is 0 Å². The SMILES string of the molecule is Cc1ccccc1N1[C@@H](C)c2sc3ccccc3c2C12C1CC3CC(C1)CC2C3. The second-order valence-corrected chi connectivity index (χ2v) is 11.4. The van der Waals surface area contributed by atoms with E-state index in [9.17, 15) is 0 Å². The Bertz CT molecular complexity index is 1100. The van der Waals surface area contributed by atoms with Crippen molar-refractivity contribution in [1.82, 2.24) is 0 Å². The first-order valence-electron chi connectivity index (χ1n) is 11.5. The number of para-hydroxylation sites is 1. The van der Waals surface area contributed by atoms with Gasteiger partial charge in [-0.1, -0.05) is 36.4 Å². The molecule has 8 rings (SSSR count). The fraction of sp³-hybridized carbons (Fsp3) is 0.481. The summed E-state index contributed by atoms with van der Waals surface area (Å²) in [7, 11) is 0. The predicted molar refractivity (Wildman–Crippen MR) is 123 cm³/mol. The number of hydrogen-bond acceptors (Lipinski definition) is 2. The molecule has 0 radical (unpaired) electrons. The van der Waals surface area contributed by atoms with Gasteiger partial charge < -0.3 is 4.90 Å². The highest BCUT2D eigenvalue weighted by Crippen LogP contribution is 2.70. The zero-order valence-electron chi connectivity index (χ0n) is 17.4. The van der Waals surface area contributed by atoms with Crippen molar-refractivity contribution < 1.29 is 0 Å². The van der Waals surface area contributed by atoms with Crippen LogP contribution in [0, 0.1) is 30.6 Å². The van der Waals surface area contributed by atoms with E-state index in [1.54, 1.807) is 15.8 Å². The minimum absolute atomic E-state index is 0.216. The lowest BCUT2D eigenvalue weighted by Crippen LogP contribution is -2.62. The van der Waals surface area contributed by atoms with Crippen molar-refractivity contribution in [3.05, 3.63) is 64.5 Å². The number of aryl methyl sites for hydroxylation is 1. The summed E-state index contributed by atoms with van der Waals surface area (Å²) in [5.74, 6) is 3.62. The first-order valence-corrected chi connectivity index (χ1v) is 12.4. The molecule has 0 saturated heterocycles. The number of anilines is 1. The Morgan fingerprint density at radius 2 is 1.52 bits per heavy atom. The van der Waals surface area contributed by atoms with Crippen molar-refractivity contribution in [3.8, 4) is 0 Å². The van der Waals surface area contributed by atoms with Crippen LogP contribution < -0.4 is 4.90 Å². The summed E-state index contributed by atoms with van der Waals surface area (Å²) in [6.07, 6.45) is 7.31. The summed E-state index contributed by atoms with van der Waals surface area (Å²) in [5.41, 5.74) is 4.88. The number of hydrogen-bond donors (Lipinski definition) is 0. The van der Waals surface area contributed by atoms with Crippen molar-refractivity contribution in [2.45, 2.75) is 57.5 Å². The molecule has 1 atom stereocenters. The summed E-state index contributed by atoms with van der Waals surface area (Å²) in [6, 6.07) is 18.9. The maximum atomic E-state index is 2.93. The molecule has 1 aliphatic heterocycles. The van der Waals surface area contributed by atoms with Gasteiger partial charge in [0.05, 0.1) is 11.6 Å². The van der Waals surface area contributed by atoms with Gasteiger partial charge >= 0.3 is 0 Å². The molecule has 5 aliphatic rings. The van der Waals surface area contributed by atoms with Crippen molar-refractivity contribution in [2.75, 3.05) is 4.90 Å². The maximum absolute atomic E-state index is 2.93. The Labute approximate surface area is 177 Å². The quantitative estimate of drug-likeness (QED) is 0.411. The second kappa shape index (κ2) is 5.66. The van der Waals surface area contributed by atoms with Gasteiger partial charge in [-0.05, 0) is 92.7 Å². The molecule has 4 fully saturated rings. The average Bonchev–Trinajstić information content (AvgIpc) is 3.21. The van der Waals surface area contributed by atoms with E-state index in [4.69, 9.17) is 0 Å². The van der Waals surface area contributed by atoms with E-state index in [0.29, 0.717) is 6.04 Å². The smallest absolute Gasteiger partial charge is 0.0734 e. The van der Waals surface area contributed by atoms with E-state index < -0.39 is 0 Å². The first-order chi connectivity index (χ1) is 14.2. The largest absolute Gasteiger partial charge is 0.353 e. The molecule has 2 heterocycles. The standard InChI is InChI=1S/C27H29NS/c1-16-7-3-5-9-23(16)28-17(2)26-25(22-8-4-6-10-24(22)29-26)27(28)20-12-18-11-19(14-20)15-21(27)13-18/h3-10,17-21H,11-15H2,1-2H3/t17-,18?,19?,20?,21?,27?/m0/s1. The average molecular weight is 400 g/mol. The van der Waals surface area contributed by atoms with Crippen LogP contribution in [0.15, 0.2) is 48.5 Å². The molecule has 4 aliphatic carbocycles. The van der Waals surface area contributed by atoms with Crippen LogP contribution in [0.4, 0.5) is 5.69 Å². The summed E-state index contributed by atoms with van der Waals surface area (Å²) < 4.78 is 1.50. The lowest BCUT2D eigenvalue weighted by molar-refractivity contribution is -0.0596. The molecule has 0 unspecified atom stereocenters. The van der Waals surface area contributed by atoms with E-state index in [2.05, 4.69) is 78.6 Å². The fourth-order valence-corrected chi connectivity index (χ4v) is 9.59. The molecule has 148 valence electrons. The lowest BCUT2D eigenvalue weighted by atomic mass is 9.47. The van der Waals surface area contributed by atoms with E-state index in [1.165, 1.54) is 48.1 Å². The Hall–Kier alpha value is -1.80. The van der Waals surface area contributed by atoms with E-state index >= 15 is 0 Å². The van der Waals surface area contributed by atoms with Gasteiger partial charge in [-0.2, -0.15) is 0 Å². The van der Waals surface area contributed by atoms with Crippen LogP contribution in [0.2, 0.25) is 0 Å². The number of thiophene rings is 1. The van der Waals surface area contributed by atoms with Crippen LogP contribution in [-0.4, -0.2) is 0 Å². The molecule has 2 aromatic carbocycles. The van der Waals surface area contributed by atoms with Crippen LogP contribution in [0.5, 0.6) is 0 Å². The minimum atomic E-state index is 0.216. The van der Waals surface area contributed by atoms with Crippen LogP contribution >= 0.6 is 11.3 Å². The monoisotopic (exact) mass is 399 g/mol. The number of fused-ring (bicyclic) bond motifs is 3. The van der Waals surface area contributed by atoms with Gasteiger partial charge in [-0.25, -0.2) is 0 Å². The third-order valence-corrected chi connectivity index (χ3v) is 10.3. The van der Waals surface area contributed by atoms with Gasteiger partial charge in [0, 0.05) is 20.8 Å². The maximum Gasteiger partial charge on any atom is 0.0734 e. The van der Waals surface area contributed by atoms with Crippen LogP contribution in [-0.2, 0) is 5.54 Å². The number of benzene rings is 2. The molecular weight excluding hydrogens is 370 g/mol. The van der Waals surface area contributed by atoms with E-state index in [-0.39, 0.29) is 5.54 Å². The first kappa shape index (κ1) is 16.9. The van der Waals surface area contributed by atoms with Gasteiger partial charge in [-0.3, -0.25) is 0 Å². The normalized spacial score (nSPS) is 37.0. The van der Waals surface area contributed by atoms with Gasteiger partial charge in [-0.15, -0.1) is 11.3 Å². The van der Waals surface area contributed by atoms with Crippen molar-refractivity contribution in [2.24, 2.45) is 23.7 Å². The highest BCUT2D eigenvalue weighted by atomic mass is 32.1. The van der Waals surface area contributed by atoms with Crippen LogP contribution in [0.25, 0.3) is 10.1 Å². The molecule has 0 N–H and O–H groups in total. The number of nitrogens with zero attached hydrogens (tertiary/aromatic N) is 1. The van der Waals surface area contributed by atoms with Crippen molar-refractivity contribution in [1.29, 1.82) is 0 Å². The Kier molecular flexibility index (Phi) is 3.31. The number of rotatable bonds is 1. The molecule has 3 aromatic rings. The zero-order chi connectivity index (χ0) is 19.3. The van der Waals surface area contributed by atoms with Gasteiger partial charge in [0.2, 0.25) is 0 Å². The summed E-state index contributed by atoms with van der Waals surface area (Å²) in [4.78, 5) is 4.59. The molecule has 1 spiro atoms. The van der Waals surface area contributed by atoms with E-state index in [1.807, 2.05) is 0 Å². The summed E-state index contributed by atoms with van der Waals surface area (Å²) in [5, 5.41) is 1.56. The summed E-state index contributed by atoms with van der Waals surface area (Å²) >= 11 is 2.08. The molecule has 1 aromatic heterocycles. The lowest BCUT2D eigenvalue weighted by Gasteiger charge is -2.64. The summed E-state index contributed by atoms with van der Waals surface area (Å²) in [6.45, 7) is 4.80. The van der Waals surface area contributed by atoms with Crippen molar-refractivity contribution >= 4 is 27.1 Å². The molecular formula is C27H29NS. The van der Waals surface area contributed by atoms with Crippen LogP contribution in [0.1, 0.15) is 61.1 Å². The molecule has 1 nitrogen and oxygen atoms in total. The fourth-order valence-electron chi connectivity index (χ4n) is 8.28. The topological polar surface area (TPSA) is 3.24 Å². The predicted octanol–water partition coefficient (Wildman–Crippen LogP) is 7.44. The van der Waals surface area contributed by atoms with E-state index in [0.717, 1.165) is 23.7 Å². The Balaban J connectivity index is 1.55. The molecule has 0 amide bonds. The highest BCUT2D eigenvalue weighted by Gasteiger charge is 2.65. The zero-order valence-corrected chi connectivity index (χ0v) is 18.2.